The molecule has 0 saturated heterocycles. The Bertz CT molecular complexity index is 1610. The largest absolute Gasteiger partial charge is 0.497 e. The van der Waals surface area contributed by atoms with Crippen LogP contribution in [0.3, 0.4) is 0 Å². The molecule has 0 aliphatic heterocycles. The molecule has 45 heavy (non-hydrogen) atoms. The molecule has 2 aromatic heterocycles. The number of aromatic nitrogens is 2. The number of aryl methyl sites for hydroxylation is 2. The number of hydrogen-bond acceptors (Lipinski definition) is 8. The summed E-state index contributed by atoms with van der Waals surface area (Å²) in [5.74, 6) is 0.816. The predicted molar refractivity (Wildman–Crippen MR) is 172 cm³/mol. The van der Waals surface area contributed by atoms with Crippen LogP contribution in [0.25, 0.3) is 21.8 Å². The van der Waals surface area contributed by atoms with Crippen LogP contribution in [0.1, 0.15) is 59.8 Å². The predicted octanol–water partition coefficient (Wildman–Crippen LogP) is 8.21. The zero-order valence-corrected chi connectivity index (χ0v) is 26.8. The lowest BCUT2D eigenvalue weighted by molar-refractivity contribution is -0.119. The molecular formula is C33H42N6O6. The van der Waals surface area contributed by atoms with E-state index in [0.29, 0.717) is 47.2 Å². The molecule has 0 saturated carbocycles. The van der Waals surface area contributed by atoms with Crippen molar-refractivity contribution >= 4 is 45.0 Å². The van der Waals surface area contributed by atoms with Gasteiger partial charge in [-0.15, -0.1) is 20.5 Å². The summed E-state index contributed by atoms with van der Waals surface area (Å²) in [5.41, 5.74) is 1.91. The first kappa shape index (κ1) is 33.2. The van der Waals surface area contributed by atoms with Crippen molar-refractivity contribution in [2.45, 2.75) is 72.9 Å². The number of benzene rings is 2. The monoisotopic (exact) mass is 618 g/mol. The molecule has 0 aliphatic carbocycles. The zero-order valence-electron chi connectivity index (χ0n) is 26.8. The van der Waals surface area contributed by atoms with Crippen molar-refractivity contribution in [1.29, 1.82) is 0 Å². The van der Waals surface area contributed by atoms with Crippen molar-refractivity contribution in [3.05, 3.63) is 36.4 Å². The number of carbonyl (C=O) groups excluding carboxylic acids is 2. The fraction of sp³-hybridized carbons (Fsp3) is 0.455. The van der Waals surface area contributed by atoms with Crippen LogP contribution in [0.15, 0.2) is 56.9 Å². The SMILES string of the molecule is COc1ccc2c(c1)c(N=NC(=O)CCCC(=O)N=Nc1c(O)n(CCC(C)C)c3ccc(OC)cc13)c(O)n2CCC(C)C. The lowest BCUT2D eigenvalue weighted by Gasteiger charge is -2.09. The van der Waals surface area contributed by atoms with Crippen molar-refractivity contribution in [2.24, 2.45) is 32.3 Å². The number of amides is 2. The average Bonchev–Trinajstić information content (AvgIpc) is 3.43. The summed E-state index contributed by atoms with van der Waals surface area (Å²) in [6, 6.07) is 10.8. The fourth-order valence-corrected chi connectivity index (χ4v) is 4.99. The Balaban J connectivity index is 1.43. The second kappa shape index (κ2) is 14.8. The van der Waals surface area contributed by atoms with Gasteiger partial charge in [-0.1, -0.05) is 27.7 Å². The normalized spacial score (nSPS) is 12.1. The van der Waals surface area contributed by atoms with Crippen LogP contribution in [0.5, 0.6) is 23.3 Å². The van der Waals surface area contributed by atoms with E-state index in [9.17, 15) is 19.8 Å². The van der Waals surface area contributed by atoms with Crippen LogP contribution in [0.4, 0.5) is 11.4 Å². The van der Waals surface area contributed by atoms with Crippen molar-refractivity contribution in [1.82, 2.24) is 9.13 Å². The van der Waals surface area contributed by atoms with Crippen LogP contribution in [0.2, 0.25) is 0 Å². The summed E-state index contributed by atoms with van der Waals surface area (Å²) < 4.78 is 14.2. The third-order valence-electron chi connectivity index (χ3n) is 7.60. The molecule has 12 nitrogen and oxygen atoms in total. The van der Waals surface area contributed by atoms with Crippen molar-refractivity contribution < 1.29 is 29.3 Å². The lowest BCUT2D eigenvalue weighted by atomic mass is 10.1. The quantitative estimate of drug-likeness (QED) is 0.136. The number of fused-ring (bicyclic) bond motifs is 2. The van der Waals surface area contributed by atoms with E-state index in [-0.39, 0.29) is 42.4 Å². The second-order valence-corrected chi connectivity index (χ2v) is 11.8. The molecule has 2 heterocycles. The molecule has 0 spiro atoms. The molecule has 12 heteroatoms. The van der Waals surface area contributed by atoms with Crippen molar-refractivity contribution in [3.63, 3.8) is 0 Å². The van der Waals surface area contributed by atoms with E-state index in [4.69, 9.17) is 9.47 Å². The van der Waals surface area contributed by atoms with Crippen LogP contribution in [-0.2, 0) is 22.7 Å². The van der Waals surface area contributed by atoms with Gasteiger partial charge in [-0.05, 0) is 67.5 Å². The number of aromatic hydroxyl groups is 2. The topological polar surface area (TPSA) is 152 Å². The Morgan fingerprint density at radius 2 is 1.11 bits per heavy atom. The highest BCUT2D eigenvalue weighted by Crippen LogP contribution is 2.42. The number of hydrogen-bond donors (Lipinski definition) is 2. The van der Waals surface area contributed by atoms with E-state index in [0.717, 1.165) is 23.9 Å². The molecule has 2 N–H and O–H groups in total. The summed E-state index contributed by atoms with van der Waals surface area (Å²) in [5, 5.41) is 38.9. The second-order valence-electron chi connectivity index (χ2n) is 11.8. The first-order chi connectivity index (χ1) is 21.5. The van der Waals surface area contributed by atoms with Gasteiger partial charge in [-0.2, -0.15) is 0 Å². The number of methoxy groups -OCH3 is 2. The molecule has 0 aliphatic rings. The van der Waals surface area contributed by atoms with Crippen LogP contribution in [-0.4, -0.2) is 45.4 Å². The Hall–Kier alpha value is -4.74. The molecule has 0 unspecified atom stereocenters. The molecular weight excluding hydrogens is 576 g/mol. The van der Waals surface area contributed by atoms with E-state index >= 15 is 0 Å². The number of ether oxygens (including phenoxy) is 2. The van der Waals surface area contributed by atoms with Gasteiger partial charge in [-0.3, -0.25) is 9.59 Å². The van der Waals surface area contributed by atoms with Gasteiger partial charge < -0.3 is 28.8 Å². The first-order valence-corrected chi connectivity index (χ1v) is 15.2. The summed E-state index contributed by atoms with van der Waals surface area (Å²) in [7, 11) is 3.10. The van der Waals surface area contributed by atoms with Gasteiger partial charge in [0.15, 0.2) is 11.4 Å². The van der Waals surface area contributed by atoms with Gasteiger partial charge in [0.1, 0.15) is 11.5 Å². The third kappa shape index (κ3) is 7.86. The number of carbonyl (C=O) groups is 2. The maximum atomic E-state index is 12.5. The highest BCUT2D eigenvalue weighted by molar-refractivity contribution is 5.97. The molecule has 4 rings (SSSR count). The minimum Gasteiger partial charge on any atom is -0.497 e. The van der Waals surface area contributed by atoms with Crippen molar-refractivity contribution in [3.8, 4) is 23.3 Å². The Morgan fingerprint density at radius 3 is 1.47 bits per heavy atom. The summed E-state index contributed by atoms with van der Waals surface area (Å²) in [6.07, 6.45) is 1.79. The lowest BCUT2D eigenvalue weighted by Crippen LogP contribution is -2.00. The Morgan fingerprint density at radius 1 is 0.711 bits per heavy atom. The van der Waals surface area contributed by atoms with E-state index in [2.05, 4.69) is 48.2 Å². The molecule has 0 fully saturated rings. The smallest absolute Gasteiger partial charge is 0.264 e. The molecule has 0 atom stereocenters. The van der Waals surface area contributed by atoms with Gasteiger partial charge in [0, 0.05) is 36.7 Å². The maximum absolute atomic E-state index is 12.5. The minimum absolute atomic E-state index is 0.0439. The van der Waals surface area contributed by atoms with Gasteiger partial charge in [0.25, 0.3) is 11.8 Å². The molecule has 2 amide bonds. The van der Waals surface area contributed by atoms with E-state index < -0.39 is 11.8 Å². The Kier molecular flexibility index (Phi) is 10.9. The fourth-order valence-electron chi connectivity index (χ4n) is 4.99. The van der Waals surface area contributed by atoms with Gasteiger partial charge in [0.2, 0.25) is 11.8 Å². The first-order valence-electron chi connectivity index (χ1n) is 15.2. The maximum Gasteiger partial charge on any atom is 0.264 e. The standard InChI is InChI=1S/C33H42N6O6/c1-20(2)14-16-38-26-12-10-22(44-5)18-24(26)30(32(38)42)36-34-28(40)8-7-9-29(41)35-37-31-25-19-23(45-6)11-13-27(25)39(33(31)43)17-15-21(3)4/h10-13,18-21,42-43H,7-9,14-17H2,1-6H3. The highest BCUT2D eigenvalue weighted by atomic mass is 16.5. The number of rotatable bonds is 14. The third-order valence-corrected chi connectivity index (χ3v) is 7.60. The zero-order chi connectivity index (χ0) is 32.7. The van der Waals surface area contributed by atoms with Crippen LogP contribution < -0.4 is 9.47 Å². The molecule has 0 bridgehead atoms. The van der Waals surface area contributed by atoms with E-state index in [1.54, 1.807) is 47.6 Å². The molecule has 2 aromatic carbocycles. The van der Waals surface area contributed by atoms with E-state index in [1.165, 1.54) is 0 Å². The summed E-state index contributed by atoms with van der Waals surface area (Å²) in [4.78, 5) is 25.1. The van der Waals surface area contributed by atoms with Gasteiger partial charge in [-0.25, -0.2) is 0 Å². The highest BCUT2D eigenvalue weighted by Gasteiger charge is 2.20. The molecule has 240 valence electrons. The number of azo groups is 2. The van der Waals surface area contributed by atoms with Crippen LogP contribution in [0, 0.1) is 11.8 Å². The van der Waals surface area contributed by atoms with E-state index in [1.807, 2.05) is 12.1 Å². The van der Waals surface area contributed by atoms with Gasteiger partial charge in [0.05, 0.1) is 25.3 Å². The van der Waals surface area contributed by atoms with Crippen molar-refractivity contribution in [2.75, 3.05) is 14.2 Å². The Labute approximate surface area is 262 Å². The minimum atomic E-state index is -0.539. The molecule has 0 radical (unpaired) electrons. The average molecular weight is 619 g/mol. The molecule has 4 aromatic rings. The van der Waals surface area contributed by atoms with Crippen LogP contribution >= 0.6 is 0 Å². The summed E-state index contributed by atoms with van der Waals surface area (Å²) >= 11 is 0. The summed E-state index contributed by atoms with van der Waals surface area (Å²) in [6.45, 7) is 9.57. The number of nitrogens with zero attached hydrogens (tertiary/aromatic N) is 6. The van der Waals surface area contributed by atoms with Gasteiger partial charge >= 0.3 is 0 Å².